The van der Waals surface area contributed by atoms with Crippen molar-refractivity contribution in [3.05, 3.63) is 87.7 Å². The van der Waals surface area contributed by atoms with Gasteiger partial charge in [0.1, 0.15) is 6.61 Å². The van der Waals surface area contributed by atoms with Crippen molar-refractivity contribution in [2.75, 3.05) is 6.61 Å². The Kier molecular flexibility index (Phi) is 5.55. The van der Waals surface area contributed by atoms with Crippen LogP contribution < -0.4 is 5.32 Å². The van der Waals surface area contributed by atoms with Crippen LogP contribution in [0.4, 0.5) is 4.79 Å². The second kappa shape index (κ2) is 8.28. The summed E-state index contributed by atoms with van der Waals surface area (Å²) in [5.74, 6) is -1.31. The zero-order valence-electron chi connectivity index (χ0n) is 16.1. The molecule has 6 nitrogen and oxygen atoms in total. The van der Waals surface area contributed by atoms with E-state index in [1.54, 1.807) is 6.07 Å². The highest BCUT2D eigenvalue weighted by Crippen LogP contribution is 2.44. The molecule has 1 aliphatic carbocycles. The molecule has 1 amide bonds. The summed E-state index contributed by atoms with van der Waals surface area (Å²) in [6.45, 7) is 1.93. The first-order chi connectivity index (χ1) is 14.5. The van der Waals surface area contributed by atoms with Crippen molar-refractivity contribution in [1.82, 2.24) is 10.3 Å². The molecule has 4 rings (SSSR count). The minimum absolute atomic E-state index is 0.0977. The van der Waals surface area contributed by atoms with E-state index in [1.807, 2.05) is 43.3 Å². The van der Waals surface area contributed by atoms with E-state index in [0.29, 0.717) is 0 Å². The number of ether oxygens (including phenoxy) is 1. The fraction of sp³-hybridized carbons (Fsp3) is 0.174. The average molecular weight is 467 g/mol. The van der Waals surface area contributed by atoms with Gasteiger partial charge in [0, 0.05) is 16.6 Å². The Morgan fingerprint density at radius 2 is 1.73 bits per heavy atom. The largest absolute Gasteiger partial charge is 0.479 e. The zero-order valence-corrected chi connectivity index (χ0v) is 17.7. The highest BCUT2D eigenvalue weighted by Gasteiger charge is 2.30. The van der Waals surface area contributed by atoms with Crippen LogP contribution in [-0.4, -0.2) is 28.8 Å². The molecule has 0 radical (unpaired) electrons. The first kappa shape index (κ1) is 20.1. The number of pyridine rings is 1. The van der Waals surface area contributed by atoms with E-state index in [9.17, 15) is 14.7 Å². The normalized spacial score (nSPS) is 13.3. The van der Waals surface area contributed by atoms with Gasteiger partial charge in [0.25, 0.3) is 0 Å². The second-order valence-corrected chi connectivity index (χ2v) is 7.95. The molecule has 3 aromatic rings. The van der Waals surface area contributed by atoms with Crippen LogP contribution in [0.5, 0.6) is 0 Å². The van der Waals surface area contributed by atoms with Gasteiger partial charge < -0.3 is 15.2 Å². The number of carboxylic acids is 1. The Labute approximate surface area is 182 Å². The number of carbonyl (C=O) groups is 2. The third-order valence-corrected chi connectivity index (χ3v) is 6.05. The summed E-state index contributed by atoms with van der Waals surface area (Å²) in [6.07, 6.45) is 0.714. The maximum atomic E-state index is 12.4. The van der Waals surface area contributed by atoms with Crippen molar-refractivity contribution < 1.29 is 19.4 Å². The summed E-state index contributed by atoms with van der Waals surface area (Å²) in [6, 6.07) is 16.4. The molecule has 0 spiro atoms. The van der Waals surface area contributed by atoms with Crippen molar-refractivity contribution in [3.63, 3.8) is 0 Å². The van der Waals surface area contributed by atoms with Crippen LogP contribution >= 0.6 is 15.9 Å². The molecule has 1 atom stereocenters. The molecule has 0 fully saturated rings. The van der Waals surface area contributed by atoms with Gasteiger partial charge in [0.15, 0.2) is 6.04 Å². The van der Waals surface area contributed by atoms with Gasteiger partial charge in [-0.2, -0.15) is 0 Å². The summed E-state index contributed by atoms with van der Waals surface area (Å²) >= 11 is 3.33. The topological polar surface area (TPSA) is 88.5 Å². The van der Waals surface area contributed by atoms with Gasteiger partial charge in [0.2, 0.25) is 0 Å². The van der Waals surface area contributed by atoms with Gasteiger partial charge in [-0.1, -0.05) is 48.5 Å². The van der Waals surface area contributed by atoms with Crippen LogP contribution in [0.25, 0.3) is 11.1 Å². The number of rotatable bonds is 5. The van der Waals surface area contributed by atoms with Gasteiger partial charge in [-0.25, -0.2) is 9.59 Å². The molecule has 1 heterocycles. The fourth-order valence-corrected chi connectivity index (χ4v) is 3.96. The predicted molar refractivity (Wildman–Crippen MR) is 115 cm³/mol. The Hall–Kier alpha value is -3.19. The molecule has 0 saturated carbocycles. The number of aryl methyl sites for hydroxylation is 1. The number of halogens is 1. The summed E-state index contributed by atoms with van der Waals surface area (Å²) in [4.78, 5) is 28.2. The molecule has 1 aliphatic rings. The molecule has 2 N–H and O–H groups in total. The average Bonchev–Trinajstić information content (AvgIpc) is 3.06. The number of hydrogen-bond donors (Lipinski definition) is 2. The van der Waals surface area contributed by atoms with Crippen molar-refractivity contribution in [1.29, 1.82) is 0 Å². The summed E-state index contributed by atoms with van der Waals surface area (Å²) in [7, 11) is 0. The van der Waals surface area contributed by atoms with E-state index < -0.39 is 18.1 Å². The van der Waals surface area contributed by atoms with Crippen molar-refractivity contribution in [3.8, 4) is 11.1 Å². The maximum absolute atomic E-state index is 12.4. The monoisotopic (exact) mass is 466 g/mol. The Morgan fingerprint density at radius 3 is 2.30 bits per heavy atom. The smallest absolute Gasteiger partial charge is 0.408 e. The van der Waals surface area contributed by atoms with E-state index in [0.717, 1.165) is 32.3 Å². The van der Waals surface area contributed by atoms with Crippen molar-refractivity contribution >= 4 is 28.0 Å². The van der Waals surface area contributed by atoms with Gasteiger partial charge in [-0.15, -0.1) is 0 Å². The van der Waals surface area contributed by atoms with Crippen molar-refractivity contribution in [2.24, 2.45) is 0 Å². The second-order valence-electron chi connectivity index (χ2n) is 7.10. The minimum Gasteiger partial charge on any atom is -0.479 e. The number of aliphatic carboxylic acids is 1. The van der Waals surface area contributed by atoms with Gasteiger partial charge >= 0.3 is 12.1 Å². The molecule has 0 saturated heterocycles. The van der Waals surface area contributed by atoms with Crippen LogP contribution in [0.3, 0.4) is 0 Å². The quantitative estimate of drug-likeness (QED) is 0.562. The molecule has 30 heavy (non-hydrogen) atoms. The molecule has 0 aliphatic heterocycles. The molecule has 0 bridgehead atoms. The number of amides is 1. The zero-order chi connectivity index (χ0) is 21.3. The van der Waals surface area contributed by atoms with Crippen LogP contribution in [0.15, 0.2) is 65.3 Å². The van der Waals surface area contributed by atoms with E-state index in [1.165, 1.54) is 6.20 Å². The summed E-state index contributed by atoms with van der Waals surface area (Å²) in [5, 5.41) is 12.0. The standard InChI is InChI=1S/C23H19BrN2O4/c1-13-10-20(25-11-19(13)24)21(22(27)28)26-23(29)30-12-18-16-8-4-2-6-14(16)15-7-3-5-9-17(15)18/h2-11,18,21H,12H2,1H3,(H,26,29)(H,27,28). The summed E-state index contributed by atoms with van der Waals surface area (Å²) < 4.78 is 6.21. The minimum atomic E-state index is -1.30. The number of nitrogens with one attached hydrogen (secondary N) is 1. The van der Waals surface area contributed by atoms with Crippen LogP contribution in [0.1, 0.15) is 34.3 Å². The number of carboxylic acid groups (broad SMARTS) is 1. The van der Waals surface area contributed by atoms with E-state index in [4.69, 9.17) is 4.74 Å². The fourth-order valence-electron chi connectivity index (χ4n) is 3.74. The third kappa shape index (κ3) is 3.80. The molecule has 1 unspecified atom stereocenters. The summed E-state index contributed by atoms with van der Waals surface area (Å²) in [5.41, 5.74) is 5.48. The van der Waals surface area contributed by atoms with E-state index in [-0.39, 0.29) is 18.2 Å². The third-order valence-electron chi connectivity index (χ3n) is 5.22. The Morgan fingerprint density at radius 1 is 1.13 bits per heavy atom. The van der Waals surface area contributed by atoms with Crippen LogP contribution in [0.2, 0.25) is 0 Å². The lowest BCUT2D eigenvalue weighted by atomic mass is 9.98. The number of fused-ring (bicyclic) bond motifs is 3. The number of nitrogens with zero attached hydrogens (tertiary/aromatic N) is 1. The first-order valence-corrected chi connectivity index (χ1v) is 10.2. The molecule has 2 aromatic carbocycles. The molecular formula is C23H19BrN2O4. The van der Waals surface area contributed by atoms with E-state index >= 15 is 0 Å². The van der Waals surface area contributed by atoms with Gasteiger partial charge in [-0.05, 0) is 56.7 Å². The number of benzene rings is 2. The lowest BCUT2D eigenvalue weighted by Crippen LogP contribution is -2.35. The van der Waals surface area contributed by atoms with Gasteiger partial charge in [-0.3, -0.25) is 4.98 Å². The molecule has 7 heteroatoms. The lowest BCUT2D eigenvalue weighted by Gasteiger charge is -2.17. The van der Waals surface area contributed by atoms with E-state index in [2.05, 4.69) is 38.4 Å². The SMILES string of the molecule is Cc1cc(C(NC(=O)OCC2c3ccccc3-c3ccccc32)C(=O)O)ncc1Br. The first-order valence-electron chi connectivity index (χ1n) is 9.42. The number of hydrogen-bond acceptors (Lipinski definition) is 4. The van der Waals surface area contributed by atoms with Crippen LogP contribution in [0, 0.1) is 6.92 Å². The highest BCUT2D eigenvalue weighted by atomic mass is 79.9. The Bertz CT molecular complexity index is 1090. The van der Waals surface area contributed by atoms with Crippen LogP contribution in [-0.2, 0) is 9.53 Å². The number of carbonyl (C=O) groups excluding carboxylic acids is 1. The lowest BCUT2D eigenvalue weighted by molar-refractivity contribution is -0.139. The van der Waals surface area contributed by atoms with Crippen molar-refractivity contribution in [2.45, 2.75) is 18.9 Å². The highest BCUT2D eigenvalue weighted by molar-refractivity contribution is 9.10. The molecular weight excluding hydrogens is 448 g/mol. The number of aromatic nitrogens is 1. The van der Waals surface area contributed by atoms with Gasteiger partial charge in [0.05, 0.1) is 5.69 Å². The molecule has 152 valence electrons. The predicted octanol–water partition coefficient (Wildman–Crippen LogP) is 4.82. The molecule has 1 aromatic heterocycles. The maximum Gasteiger partial charge on any atom is 0.408 e. The number of alkyl carbamates (subject to hydrolysis) is 1. The Balaban J connectivity index is 1.49.